The number of benzene rings is 3. The number of rotatable bonds is 8. The number of hydrogen-bond donors (Lipinski definition) is 2. The highest BCUT2D eigenvalue weighted by Crippen LogP contribution is 2.21. The lowest BCUT2D eigenvalue weighted by atomic mass is 10.3. The molecule has 3 aromatic rings. The van der Waals surface area contributed by atoms with Crippen molar-refractivity contribution in [2.45, 2.75) is 17.9 Å². The molecule has 7 nitrogen and oxygen atoms in total. The van der Waals surface area contributed by atoms with Gasteiger partial charge in [0.2, 0.25) is 0 Å². The lowest BCUT2D eigenvalue weighted by molar-refractivity contribution is -0.122. The summed E-state index contributed by atoms with van der Waals surface area (Å²) in [6.45, 7) is 1.61. The molecule has 0 saturated carbocycles. The number of ether oxygens (including phenoxy) is 2. The van der Waals surface area contributed by atoms with Crippen LogP contribution in [0, 0.1) is 0 Å². The summed E-state index contributed by atoms with van der Waals surface area (Å²) in [6, 6.07) is 19.1. The predicted molar refractivity (Wildman–Crippen MR) is 120 cm³/mol. The van der Waals surface area contributed by atoms with Crippen LogP contribution in [0.15, 0.2) is 77.7 Å². The van der Waals surface area contributed by atoms with Crippen molar-refractivity contribution in [3.8, 4) is 11.5 Å². The smallest absolute Gasteiger partial charge is 0.265 e. The molecule has 3 rings (SSSR count). The fraction of sp³-hybridized carbons (Fsp3) is 0.136. The molecule has 0 bridgehead atoms. The largest absolute Gasteiger partial charge is 0.497 e. The standard InChI is InChI=1S/C22H21ClN2O5S/c1-15(30-20-5-3-4-16(23)14-20)22(26)24-17-8-12-21(13-9-17)31(27,28)25-18-6-10-19(29-2)11-7-18/h3-15,25H,1-2H3,(H,24,26)/t15-/m0/s1. The van der Waals surface area contributed by atoms with E-state index in [1.165, 1.54) is 31.4 Å². The Bertz CT molecular complexity index is 1150. The van der Waals surface area contributed by atoms with Gasteiger partial charge in [-0.1, -0.05) is 17.7 Å². The maximum Gasteiger partial charge on any atom is 0.265 e. The SMILES string of the molecule is COc1ccc(NS(=O)(=O)c2ccc(NC(=O)[C@H](C)Oc3cccc(Cl)c3)cc2)cc1. The van der Waals surface area contributed by atoms with Crippen LogP contribution in [0.2, 0.25) is 5.02 Å². The van der Waals surface area contributed by atoms with Crippen LogP contribution in [0.4, 0.5) is 11.4 Å². The van der Waals surface area contributed by atoms with E-state index in [-0.39, 0.29) is 10.8 Å². The number of carbonyl (C=O) groups excluding carboxylic acids is 1. The zero-order chi connectivity index (χ0) is 22.4. The molecule has 2 N–H and O–H groups in total. The maximum atomic E-state index is 12.6. The Labute approximate surface area is 186 Å². The Balaban J connectivity index is 1.62. The van der Waals surface area contributed by atoms with Gasteiger partial charge in [0.05, 0.1) is 12.0 Å². The Morgan fingerprint density at radius 2 is 1.58 bits per heavy atom. The van der Waals surface area contributed by atoms with Gasteiger partial charge in [0.1, 0.15) is 11.5 Å². The molecule has 1 atom stereocenters. The molecule has 0 saturated heterocycles. The van der Waals surface area contributed by atoms with Gasteiger partial charge in [-0.3, -0.25) is 9.52 Å². The zero-order valence-corrected chi connectivity index (χ0v) is 18.4. The summed E-state index contributed by atoms with van der Waals surface area (Å²) in [5, 5.41) is 3.20. The average Bonchev–Trinajstić information content (AvgIpc) is 2.74. The summed E-state index contributed by atoms with van der Waals surface area (Å²) >= 11 is 5.91. The summed E-state index contributed by atoms with van der Waals surface area (Å²) < 4.78 is 38.3. The molecule has 0 aliphatic heterocycles. The topological polar surface area (TPSA) is 93.7 Å². The van der Waals surface area contributed by atoms with Crippen LogP contribution in [-0.4, -0.2) is 27.5 Å². The first-order valence-corrected chi connectivity index (χ1v) is 11.1. The molecule has 0 aliphatic carbocycles. The molecule has 0 unspecified atom stereocenters. The number of anilines is 2. The molecular weight excluding hydrogens is 440 g/mol. The van der Waals surface area contributed by atoms with E-state index in [2.05, 4.69) is 10.0 Å². The number of carbonyl (C=O) groups is 1. The minimum Gasteiger partial charge on any atom is -0.497 e. The van der Waals surface area contributed by atoms with Crippen LogP contribution in [-0.2, 0) is 14.8 Å². The number of sulfonamides is 1. The molecule has 0 heterocycles. The Morgan fingerprint density at radius 3 is 2.19 bits per heavy atom. The molecule has 9 heteroatoms. The molecule has 0 fully saturated rings. The van der Waals surface area contributed by atoms with Gasteiger partial charge in [-0.25, -0.2) is 8.42 Å². The number of nitrogens with one attached hydrogen (secondary N) is 2. The summed E-state index contributed by atoms with van der Waals surface area (Å²) in [5.41, 5.74) is 0.847. The van der Waals surface area contributed by atoms with Gasteiger partial charge in [-0.05, 0) is 73.7 Å². The van der Waals surface area contributed by atoms with Crippen LogP contribution in [0.25, 0.3) is 0 Å². The van der Waals surface area contributed by atoms with Crippen molar-refractivity contribution in [3.05, 3.63) is 77.8 Å². The second-order valence-electron chi connectivity index (χ2n) is 6.57. The third-order valence-electron chi connectivity index (χ3n) is 4.25. The Morgan fingerprint density at radius 1 is 0.935 bits per heavy atom. The predicted octanol–water partition coefficient (Wildman–Crippen LogP) is 4.56. The van der Waals surface area contributed by atoms with E-state index in [0.29, 0.717) is 27.9 Å². The highest BCUT2D eigenvalue weighted by molar-refractivity contribution is 7.92. The van der Waals surface area contributed by atoms with E-state index >= 15 is 0 Å². The Kier molecular flexibility index (Phi) is 7.04. The minimum atomic E-state index is -3.78. The first-order valence-electron chi connectivity index (χ1n) is 9.27. The van der Waals surface area contributed by atoms with Gasteiger partial charge >= 0.3 is 0 Å². The first-order chi connectivity index (χ1) is 14.8. The molecular formula is C22H21ClN2O5S. The molecule has 31 heavy (non-hydrogen) atoms. The zero-order valence-electron chi connectivity index (χ0n) is 16.8. The van der Waals surface area contributed by atoms with Crippen molar-refractivity contribution in [3.63, 3.8) is 0 Å². The van der Waals surface area contributed by atoms with Crippen LogP contribution in [0.1, 0.15) is 6.92 Å². The van der Waals surface area contributed by atoms with E-state index in [1.54, 1.807) is 55.5 Å². The third-order valence-corrected chi connectivity index (χ3v) is 5.88. The average molecular weight is 461 g/mol. The van der Waals surface area contributed by atoms with Crippen molar-refractivity contribution in [2.24, 2.45) is 0 Å². The first kappa shape index (κ1) is 22.5. The van der Waals surface area contributed by atoms with Crippen molar-refractivity contribution in [1.29, 1.82) is 0 Å². The quantitative estimate of drug-likeness (QED) is 0.514. The van der Waals surface area contributed by atoms with Crippen LogP contribution >= 0.6 is 11.6 Å². The van der Waals surface area contributed by atoms with Crippen molar-refractivity contribution < 1.29 is 22.7 Å². The number of hydrogen-bond acceptors (Lipinski definition) is 5. The lowest BCUT2D eigenvalue weighted by Gasteiger charge is -2.15. The van der Waals surface area contributed by atoms with Gasteiger partial charge < -0.3 is 14.8 Å². The van der Waals surface area contributed by atoms with Crippen molar-refractivity contribution in [2.75, 3.05) is 17.1 Å². The number of halogens is 1. The van der Waals surface area contributed by atoms with E-state index < -0.39 is 16.1 Å². The molecule has 1 amide bonds. The van der Waals surface area contributed by atoms with E-state index in [4.69, 9.17) is 21.1 Å². The monoisotopic (exact) mass is 460 g/mol. The van der Waals surface area contributed by atoms with Crippen LogP contribution in [0.5, 0.6) is 11.5 Å². The molecule has 0 spiro atoms. The molecule has 3 aromatic carbocycles. The van der Waals surface area contributed by atoms with Gasteiger partial charge in [0.25, 0.3) is 15.9 Å². The number of methoxy groups -OCH3 is 1. The molecule has 162 valence electrons. The highest BCUT2D eigenvalue weighted by atomic mass is 35.5. The fourth-order valence-electron chi connectivity index (χ4n) is 2.63. The summed E-state index contributed by atoms with van der Waals surface area (Å²) in [7, 11) is -2.25. The maximum absolute atomic E-state index is 12.6. The molecule has 0 aromatic heterocycles. The molecule has 0 radical (unpaired) electrons. The second kappa shape index (κ2) is 9.72. The van der Waals surface area contributed by atoms with Gasteiger partial charge in [0, 0.05) is 16.4 Å². The van der Waals surface area contributed by atoms with E-state index in [9.17, 15) is 13.2 Å². The van der Waals surface area contributed by atoms with Crippen LogP contribution in [0.3, 0.4) is 0 Å². The van der Waals surface area contributed by atoms with Gasteiger partial charge in [0.15, 0.2) is 6.10 Å². The van der Waals surface area contributed by atoms with Crippen molar-refractivity contribution in [1.82, 2.24) is 0 Å². The lowest BCUT2D eigenvalue weighted by Crippen LogP contribution is -2.30. The normalized spacial score (nSPS) is 12.0. The summed E-state index contributed by atoms with van der Waals surface area (Å²) in [6.07, 6.45) is -0.779. The fourth-order valence-corrected chi connectivity index (χ4v) is 3.87. The number of amides is 1. The third kappa shape index (κ3) is 6.13. The van der Waals surface area contributed by atoms with Crippen LogP contribution < -0.4 is 19.5 Å². The minimum absolute atomic E-state index is 0.0598. The molecule has 0 aliphatic rings. The van der Waals surface area contributed by atoms with E-state index in [0.717, 1.165) is 0 Å². The van der Waals surface area contributed by atoms with E-state index in [1.807, 2.05) is 0 Å². The highest BCUT2D eigenvalue weighted by Gasteiger charge is 2.17. The van der Waals surface area contributed by atoms with Gasteiger partial charge in [-0.2, -0.15) is 0 Å². The summed E-state index contributed by atoms with van der Waals surface area (Å²) in [4.78, 5) is 12.4. The van der Waals surface area contributed by atoms with Crippen molar-refractivity contribution >= 4 is 38.9 Å². The Hall–Kier alpha value is -3.23. The second-order valence-corrected chi connectivity index (χ2v) is 8.68. The van der Waals surface area contributed by atoms with Gasteiger partial charge in [-0.15, -0.1) is 0 Å². The summed E-state index contributed by atoms with van der Waals surface area (Å²) in [5.74, 6) is 0.713.